The normalized spacial score (nSPS) is 11.3. The van der Waals surface area contributed by atoms with Crippen molar-refractivity contribution in [2.75, 3.05) is 0 Å². The predicted molar refractivity (Wildman–Crippen MR) is 130 cm³/mol. The maximum absolute atomic E-state index is 12.5. The molecule has 146 valence electrons. The maximum atomic E-state index is 12.5. The molecule has 30 heavy (non-hydrogen) atoms. The molecule has 0 N–H and O–H groups in total. The molecule has 0 saturated carbocycles. The van der Waals surface area contributed by atoms with Crippen molar-refractivity contribution in [3.8, 4) is 0 Å². The van der Waals surface area contributed by atoms with Crippen LogP contribution in [0.5, 0.6) is 0 Å². The fraction of sp³-hybridized carbons (Fsp3) is 0. The van der Waals surface area contributed by atoms with E-state index in [2.05, 4.69) is 83.6 Å². The number of nitrogens with zero attached hydrogens (tertiary/aromatic N) is 1. The molecule has 0 aliphatic carbocycles. The molecule has 4 aromatic rings. The highest BCUT2D eigenvalue weighted by Gasteiger charge is 2.24. The molecule has 0 saturated heterocycles. The van der Waals surface area contributed by atoms with E-state index in [0.717, 1.165) is 0 Å². The molecule has 0 spiro atoms. The minimum atomic E-state index is -2.13. The Balaban J connectivity index is 1.92. The zero-order chi connectivity index (χ0) is 20.7. The number of carbonyl (C=O) groups excluding carboxylic acids is 1. The monoisotopic (exact) mass is 407 g/mol. The van der Waals surface area contributed by atoms with Gasteiger partial charge >= 0.3 is 0 Å². The average Bonchev–Trinajstić information content (AvgIpc) is 2.84. The Labute approximate surface area is 177 Å². The smallest absolute Gasteiger partial charge is 0.267 e. The van der Waals surface area contributed by atoms with Gasteiger partial charge in [0.1, 0.15) is 0 Å². The van der Waals surface area contributed by atoms with E-state index in [9.17, 15) is 4.79 Å². The number of aliphatic imine (C=N–C) groups is 1. The number of benzene rings is 4. The van der Waals surface area contributed by atoms with E-state index in [1.165, 1.54) is 15.9 Å². The van der Waals surface area contributed by atoms with Crippen LogP contribution in [0.3, 0.4) is 0 Å². The van der Waals surface area contributed by atoms with Crippen LogP contribution in [-0.4, -0.2) is 17.9 Å². The second kappa shape index (κ2) is 9.35. The van der Waals surface area contributed by atoms with Gasteiger partial charge in [0.2, 0.25) is 0 Å². The molecule has 0 fully saturated rings. The topological polar surface area (TPSA) is 29.4 Å². The van der Waals surface area contributed by atoms with E-state index in [-0.39, 0.29) is 5.91 Å². The summed E-state index contributed by atoms with van der Waals surface area (Å²) in [5.41, 5.74) is 0.588. The minimum Gasteiger partial charge on any atom is -0.267 e. The van der Waals surface area contributed by atoms with Crippen LogP contribution in [0, 0.1) is 0 Å². The number of hydrogen-bond donors (Lipinski definition) is 0. The van der Waals surface area contributed by atoms with Gasteiger partial charge in [-0.05, 0) is 40.7 Å². The third-order valence-corrected chi connectivity index (χ3v) is 8.91. The molecule has 0 unspecified atom stereocenters. The lowest BCUT2D eigenvalue weighted by atomic mass is 10.2. The van der Waals surface area contributed by atoms with E-state index in [0.29, 0.717) is 5.56 Å². The Morgan fingerprint density at radius 1 is 0.567 bits per heavy atom. The van der Waals surface area contributed by atoms with Crippen molar-refractivity contribution in [1.29, 1.82) is 0 Å². The SMILES string of the molecule is O=C(N=CC=P(c1ccccc1)(c1ccccc1)c1ccccc1)c1ccccc1. The van der Waals surface area contributed by atoms with Crippen molar-refractivity contribution < 1.29 is 4.79 Å². The Morgan fingerprint density at radius 3 is 1.33 bits per heavy atom. The molecular weight excluding hydrogens is 385 g/mol. The second-order valence-electron chi connectivity index (χ2n) is 6.83. The van der Waals surface area contributed by atoms with Crippen LogP contribution in [-0.2, 0) is 0 Å². The summed E-state index contributed by atoms with van der Waals surface area (Å²) >= 11 is 0. The zero-order valence-electron chi connectivity index (χ0n) is 16.5. The predicted octanol–water partition coefficient (Wildman–Crippen LogP) is 4.69. The molecule has 3 heteroatoms. The highest BCUT2D eigenvalue weighted by molar-refractivity contribution is 7.95. The Bertz CT molecular complexity index is 1080. The standard InChI is InChI=1S/C27H22NOP/c29-27(23-13-5-1-6-14-23)28-21-22-30(24-15-7-2-8-16-24,25-17-9-3-10-18-25)26-19-11-4-12-20-26/h1-22H. The van der Waals surface area contributed by atoms with E-state index in [4.69, 9.17) is 0 Å². The van der Waals surface area contributed by atoms with Gasteiger partial charge in [0.15, 0.2) is 0 Å². The number of rotatable bonds is 5. The molecule has 0 bridgehead atoms. The first-order chi connectivity index (χ1) is 14.8. The number of hydrogen-bond acceptors (Lipinski definition) is 1. The molecule has 2 nitrogen and oxygen atoms in total. The van der Waals surface area contributed by atoms with Crippen LogP contribution >= 0.6 is 6.89 Å². The van der Waals surface area contributed by atoms with Crippen molar-refractivity contribution >= 4 is 40.7 Å². The van der Waals surface area contributed by atoms with Crippen molar-refractivity contribution in [2.45, 2.75) is 0 Å². The number of amides is 1. The fourth-order valence-corrected chi connectivity index (χ4v) is 7.16. The van der Waals surface area contributed by atoms with Gasteiger partial charge in [-0.3, -0.25) is 4.79 Å². The van der Waals surface area contributed by atoms with Gasteiger partial charge in [-0.2, -0.15) is 0 Å². The lowest BCUT2D eigenvalue weighted by Crippen LogP contribution is -2.27. The van der Waals surface area contributed by atoms with E-state index in [1.54, 1.807) is 18.3 Å². The summed E-state index contributed by atoms with van der Waals surface area (Å²) < 4.78 is 0. The summed E-state index contributed by atoms with van der Waals surface area (Å²) in [6.45, 7) is -2.13. The third-order valence-electron chi connectivity index (χ3n) is 4.99. The molecular formula is C27H22NOP. The van der Waals surface area contributed by atoms with Gasteiger partial charge < -0.3 is 0 Å². The summed E-state index contributed by atoms with van der Waals surface area (Å²) in [5, 5.41) is 3.67. The van der Waals surface area contributed by atoms with Gasteiger partial charge in [0.25, 0.3) is 5.91 Å². The summed E-state index contributed by atoms with van der Waals surface area (Å²) in [7, 11) is 0. The molecule has 4 aromatic carbocycles. The van der Waals surface area contributed by atoms with Crippen molar-refractivity contribution in [2.24, 2.45) is 4.99 Å². The van der Waals surface area contributed by atoms with Crippen LogP contribution in [0.1, 0.15) is 10.4 Å². The van der Waals surface area contributed by atoms with Gasteiger partial charge in [-0.1, -0.05) is 109 Å². The molecule has 0 heterocycles. The summed E-state index contributed by atoms with van der Waals surface area (Å²) in [6.07, 6.45) is 1.69. The number of carbonyl (C=O) groups is 1. The van der Waals surface area contributed by atoms with Crippen LogP contribution in [0.15, 0.2) is 126 Å². The Hall–Kier alpha value is -3.48. The van der Waals surface area contributed by atoms with E-state index >= 15 is 0 Å². The molecule has 0 radical (unpaired) electrons. The van der Waals surface area contributed by atoms with Gasteiger partial charge in [-0.25, -0.2) is 4.99 Å². The second-order valence-corrected chi connectivity index (χ2v) is 10.1. The van der Waals surface area contributed by atoms with Crippen LogP contribution in [0.25, 0.3) is 0 Å². The highest BCUT2D eigenvalue weighted by Crippen LogP contribution is 2.43. The van der Waals surface area contributed by atoms with Gasteiger partial charge in [0, 0.05) is 11.8 Å². The van der Waals surface area contributed by atoms with Crippen molar-refractivity contribution in [1.82, 2.24) is 0 Å². The molecule has 0 atom stereocenters. The molecule has 0 aliphatic heterocycles. The minimum absolute atomic E-state index is 0.237. The molecule has 1 amide bonds. The van der Waals surface area contributed by atoms with Crippen molar-refractivity contribution in [3.05, 3.63) is 127 Å². The van der Waals surface area contributed by atoms with E-state index in [1.807, 2.05) is 36.4 Å². The van der Waals surface area contributed by atoms with Crippen LogP contribution < -0.4 is 15.9 Å². The first kappa shape index (κ1) is 19.8. The maximum Gasteiger partial charge on any atom is 0.276 e. The fourth-order valence-electron chi connectivity index (χ4n) is 3.55. The average molecular weight is 407 g/mol. The first-order valence-corrected chi connectivity index (χ1v) is 11.7. The zero-order valence-corrected chi connectivity index (χ0v) is 17.4. The third kappa shape index (κ3) is 4.10. The van der Waals surface area contributed by atoms with Crippen molar-refractivity contribution in [3.63, 3.8) is 0 Å². The molecule has 0 aliphatic rings. The summed E-state index contributed by atoms with van der Waals surface area (Å²) in [4.78, 5) is 16.8. The molecule has 4 rings (SSSR count). The van der Waals surface area contributed by atoms with Gasteiger partial charge in [0.05, 0.1) is 0 Å². The van der Waals surface area contributed by atoms with E-state index < -0.39 is 6.89 Å². The quantitative estimate of drug-likeness (QED) is 0.349. The largest absolute Gasteiger partial charge is 0.276 e. The summed E-state index contributed by atoms with van der Waals surface area (Å²) in [6, 6.07) is 40.6. The Morgan fingerprint density at radius 2 is 0.933 bits per heavy atom. The first-order valence-electron chi connectivity index (χ1n) is 9.84. The molecule has 0 aromatic heterocycles. The summed E-state index contributed by atoms with van der Waals surface area (Å²) in [5.74, 6) is 1.90. The lowest BCUT2D eigenvalue weighted by Gasteiger charge is -2.28. The Kier molecular flexibility index (Phi) is 6.17. The van der Waals surface area contributed by atoms with Gasteiger partial charge in [-0.15, -0.1) is 0 Å². The highest BCUT2D eigenvalue weighted by atomic mass is 31.2. The van der Waals surface area contributed by atoms with Crippen LogP contribution in [0.4, 0.5) is 0 Å². The lowest BCUT2D eigenvalue weighted by molar-refractivity contribution is 0.100. The van der Waals surface area contributed by atoms with Crippen LogP contribution in [0.2, 0.25) is 0 Å².